The third-order valence-electron chi connectivity index (χ3n) is 3.50. The van der Waals surface area contributed by atoms with Gasteiger partial charge in [0.1, 0.15) is 0 Å². The van der Waals surface area contributed by atoms with Crippen LogP contribution in [-0.4, -0.2) is 57.7 Å². The third-order valence-corrected chi connectivity index (χ3v) is 3.50. The minimum atomic E-state index is 0.797. The Morgan fingerprint density at radius 2 is 2.05 bits per heavy atom. The Labute approximate surface area is 113 Å². The van der Waals surface area contributed by atoms with Gasteiger partial charge in [0, 0.05) is 56.7 Å². The van der Waals surface area contributed by atoms with Crippen LogP contribution in [0.4, 0.5) is 0 Å². The van der Waals surface area contributed by atoms with Gasteiger partial charge in [-0.2, -0.15) is 5.10 Å². The second-order valence-electron chi connectivity index (χ2n) is 5.18. The lowest BCUT2D eigenvalue weighted by molar-refractivity contribution is 0.102. The zero-order chi connectivity index (χ0) is 13.2. The molecule has 1 saturated heterocycles. The van der Waals surface area contributed by atoms with Crippen LogP contribution in [0.5, 0.6) is 0 Å². The van der Waals surface area contributed by atoms with Crippen molar-refractivity contribution in [3.8, 4) is 0 Å². The highest BCUT2D eigenvalue weighted by Crippen LogP contribution is 2.05. The number of hydrazine groups is 1. The van der Waals surface area contributed by atoms with Gasteiger partial charge in [0.2, 0.25) is 0 Å². The van der Waals surface area contributed by atoms with E-state index in [1.165, 1.54) is 0 Å². The van der Waals surface area contributed by atoms with Crippen LogP contribution in [0.2, 0.25) is 0 Å². The summed E-state index contributed by atoms with van der Waals surface area (Å²) in [5, 5.41) is 6.66. The Balaban J connectivity index is 1.61. The monoisotopic (exact) mass is 260 g/mol. The number of likely N-dealkylation sites (N-methyl/N-ethyl adjacent to an activating group) is 1. The minimum Gasteiger partial charge on any atom is -0.304 e. The predicted octanol–water partition coefficient (Wildman–Crippen LogP) is 0.290. The summed E-state index contributed by atoms with van der Waals surface area (Å²) in [6.07, 6.45) is 3.96. The van der Waals surface area contributed by atoms with Gasteiger partial charge < -0.3 is 4.90 Å². The number of aromatic nitrogens is 3. The molecule has 1 N–H and O–H groups in total. The molecule has 0 aliphatic carbocycles. The molecule has 0 spiro atoms. The second-order valence-corrected chi connectivity index (χ2v) is 5.18. The summed E-state index contributed by atoms with van der Waals surface area (Å²) in [6, 6.07) is 1.98. The van der Waals surface area contributed by atoms with Crippen molar-refractivity contribution in [3.05, 3.63) is 29.7 Å². The Kier molecular flexibility index (Phi) is 3.46. The molecule has 1 aliphatic rings. The van der Waals surface area contributed by atoms with Gasteiger partial charge in [-0.25, -0.2) is 14.5 Å². The second kappa shape index (κ2) is 5.24. The average Bonchev–Trinajstić information content (AvgIpc) is 2.77. The van der Waals surface area contributed by atoms with Crippen LogP contribution >= 0.6 is 0 Å². The summed E-state index contributed by atoms with van der Waals surface area (Å²) in [6.45, 7) is 7.13. The van der Waals surface area contributed by atoms with E-state index in [4.69, 9.17) is 0 Å². The van der Waals surface area contributed by atoms with E-state index in [9.17, 15) is 0 Å². The van der Waals surface area contributed by atoms with Crippen LogP contribution in [0.1, 0.15) is 11.3 Å². The number of aryl methyl sites for hydroxylation is 1. The maximum atomic E-state index is 4.41. The van der Waals surface area contributed by atoms with Crippen molar-refractivity contribution in [2.75, 3.05) is 33.2 Å². The molecule has 2 aromatic heterocycles. The summed E-state index contributed by atoms with van der Waals surface area (Å²) in [4.78, 5) is 6.76. The summed E-state index contributed by atoms with van der Waals surface area (Å²) >= 11 is 0. The van der Waals surface area contributed by atoms with Crippen LogP contribution in [0.15, 0.2) is 18.5 Å². The molecule has 0 unspecified atom stereocenters. The Bertz CT molecular complexity index is 555. The summed E-state index contributed by atoms with van der Waals surface area (Å²) < 4.78 is 1.84. The van der Waals surface area contributed by atoms with Crippen molar-refractivity contribution >= 4 is 5.65 Å². The molecule has 6 heteroatoms. The standard InChI is InChI=1S/C13H20N6/c1-11-7-13-14-8-12(10-19(13)16-11)9-15-18-5-3-17(2)4-6-18/h7-8,10,15H,3-6,9H2,1-2H3. The van der Waals surface area contributed by atoms with Gasteiger partial charge in [-0.15, -0.1) is 0 Å². The Hall–Kier alpha value is -1.50. The molecule has 0 aromatic carbocycles. The molecule has 1 aliphatic heterocycles. The molecule has 1 fully saturated rings. The number of piperazine rings is 1. The molecule has 102 valence electrons. The lowest BCUT2D eigenvalue weighted by atomic mass is 10.3. The smallest absolute Gasteiger partial charge is 0.155 e. The van der Waals surface area contributed by atoms with Crippen LogP contribution in [0.3, 0.4) is 0 Å². The van der Waals surface area contributed by atoms with Crippen LogP contribution < -0.4 is 5.43 Å². The maximum absolute atomic E-state index is 4.41. The fourth-order valence-corrected chi connectivity index (χ4v) is 2.29. The molecule has 19 heavy (non-hydrogen) atoms. The maximum Gasteiger partial charge on any atom is 0.155 e. The van der Waals surface area contributed by atoms with Gasteiger partial charge in [-0.05, 0) is 14.0 Å². The van der Waals surface area contributed by atoms with Crippen molar-refractivity contribution in [3.63, 3.8) is 0 Å². The van der Waals surface area contributed by atoms with Gasteiger partial charge in [-0.3, -0.25) is 5.43 Å². The molecule has 0 bridgehead atoms. The molecule has 3 heterocycles. The number of nitrogens with zero attached hydrogens (tertiary/aromatic N) is 5. The van der Waals surface area contributed by atoms with E-state index >= 15 is 0 Å². The van der Waals surface area contributed by atoms with Crippen LogP contribution in [-0.2, 0) is 6.54 Å². The van der Waals surface area contributed by atoms with Crippen LogP contribution in [0, 0.1) is 6.92 Å². The molecule has 6 nitrogen and oxygen atoms in total. The summed E-state index contributed by atoms with van der Waals surface area (Å²) in [5.41, 5.74) is 6.50. The zero-order valence-corrected chi connectivity index (χ0v) is 11.5. The minimum absolute atomic E-state index is 0.797. The zero-order valence-electron chi connectivity index (χ0n) is 11.5. The number of nitrogens with one attached hydrogen (secondary N) is 1. The lowest BCUT2D eigenvalue weighted by Crippen LogP contribution is -2.50. The molecule has 0 atom stereocenters. The molecule has 0 radical (unpaired) electrons. The molecular weight excluding hydrogens is 240 g/mol. The first-order valence-corrected chi connectivity index (χ1v) is 6.68. The first-order chi connectivity index (χ1) is 9.20. The number of rotatable bonds is 3. The van der Waals surface area contributed by atoms with Crippen molar-refractivity contribution in [2.24, 2.45) is 0 Å². The van der Waals surface area contributed by atoms with Gasteiger partial charge in [0.25, 0.3) is 0 Å². The van der Waals surface area contributed by atoms with E-state index in [0.29, 0.717) is 0 Å². The Morgan fingerprint density at radius 3 is 2.84 bits per heavy atom. The topological polar surface area (TPSA) is 48.7 Å². The van der Waals surface area contributed by atoms with Crippen molar-refractivity contribution in [1.82, 2.24) is 29.9 Å². The first kappa shape index (κ1) is 12.5. The van der Waals surface area contributed by atoms with Crippen molar-refractivity contribution in [1.29, 1.82) is 0 Å². The SMILES string of the molecule is Cc1cc2ncc(CNN3CCN(C)CC3)cn2n1. The van der Waals surface area contributed by atoms with Crippen LogP contribution in [0.25, 0.3) is 5.65 Å². The largest absolute Gasteiger partial charge is 0.304 e. The lowest BCUT2D eigenvalue weighted by Gasteiger charge is -2.32. The van der Waals surface area contributed by atoms with E-state index in [1.54, 1.807) is 0 Å². The molecule has 2 aromatic rings. The van der Waals surface area contributed by atoms with Crippen molar-refractivity contribution in [2.45, 2.75) is 13.5 Å². The first-order valence-electron chi connectivity index (χ1n) is 6.68. The normalized spacial score (nSPS) is 18.2. The molecule has 0 amide bonds. The summed E-state index contributed by atoms with van der Waals surface area (Å²) in [5.74, 6) is 0. The highest BCUT2D eigenvalue weighted by molar-refractivity contribution is 5.38. The van der Waals surface area contributed by atoms with E-state index in [2.05, 4.69) is 32.5 Å². The van der Waals surface area contributed by atoms with Gasteiger partial charge in [0.05, 0.1) is 5.69 Å². The number of fused-ring (bicyclic) bond motifs is 1. The fourth-order valence-electron chi connectivity index (χ4n) is 2.29. The fraction of sp³-hybridized carbons (Fsp3) is 0.538. The number of hydrogen-bond acceptors (Lipinski definition) is 5. The third kappa shape index (κ3) is 2.91. The summed E-state index contributed by atoms with van der Waals surface area (Å²) in [7, 11) is 2.16. The predicted molar refractivity (Wildman–Crippen MR) is 73.6 cm³/mol. The van der Waals surface area contributed by atoms with E-state index in [0.717, 1.165) is 49.6 Å². The molecule has 0 saturated carbocycles. The van der Waals surface area contributed by atoms with E-state index < -0.39 is 0 Å². The van der Waals surface area contributed by atoms with Gasteiger partial charge in [-0.1, -0.05) is 0 Å². The quantitative estimate of drug-likeness (QED) is 0.859. The Morgan fingerprint density at radius 1 is 1.26 bits per heavy atom. The molecule has 3 rings (SSSR count). The average molecular weight is 260 g/mol. The van der Waals surface area contributed by atoms with Crippen molar-refractivity contribution < 1.29 is 0 Å². The molecular formula is C13H20N6. The number of hydrogen-bond donors (Lipinski definition) is 1. The van der Waals surface area contributed by atoms with Gasteiger partial charge >= 0.3 is 0 Å². The van der Waals surface area contributed by atoms with Gasteiger partial charge in [0.15, 0.2) is 5.65 Å². The van der Waals surface area contributed by atoms with E-state index in [1.807, 2.05) is 29.9 Å². The highest BCUT2D eigenvalue weighted by Gasteiger charge is 2.13. The van der Waals surface area contributed by atoms with E-state index in [-0.39, 0.29) is 0 Å². The highest BCUT2D eigenvalue weighted by atomic mass is 15.5.